The number of primary amides is 1. The SMILES string of the molecule is N=c1c(C(N)=O)cc(N)cn1Cc1cc2ccccc2o1. The van der Waals surface area contributed by atoms with Gasteiger partial charge in [0, 0.05) is 17.3 Å². The van der Waals surface area contributed by atoms with E-state index in [0.717, 1.165) is 11.0 Å². The number of furan rings is 1. The van der Waals surface area contributed by atoms with Crippen molar-refractivity contribution >= 4 is 22.6 Å². The zero-order valence-electron chi connectivity index (χ0n) is 11.2. The number of carbonyl (C=O) groups is 1. The number of rotatable bonds is 3. The Balaban J connectivity index is 2.05. The van der Waals surface area contributed by atoms with Crippen LogP contribution in [0.25, 0.3) is 11.0 Å². The molecule has 6 nitrogen and oxygen atoms in total. The van der Waals surface area contributed by atoms with E-state index in [9.17, 15) is 4.79 Å². The molecule has 3 aromatic rings. The summed E-state index contributed by atoms with van der Waals surface area (Å²) < 4.78 is 7.24. The van der Waals surface area contributed by atoms with Crippen LogP contribution in [0, 0.1) is 5.41 Å². The largest absolute Gasteiger partial charge is 0.459 e. The van der Waals surface area contributed by atoms with E-state index >= 15 is 0 Å². The number of amides is 1. The number of nitrogen functional groups attached to an aromatic ring is 1. The summed E-state index contributed by atoms with van der Waals surface area (Å²) in [5, 5.41) is 9.01. The summed E-state index contributed by atoms with van der Waals surface area (Å²) in [4.78, 5) is 11.3. The van der Waals surface area contributed by atoms with Crippen molar-refractivity contribution in [1.82, 2.24) is 4.57 Å². The van der Waals surface area contributed by atoms with Crippen molar-refractivity contribution in [2.45, 2.75) is 6.54 Å². The fourth-order valence-electron chi connectivity index (χ4n) is 2.27. The van der Waals surface area contributed by atoms with Crippen LogP contribution in [-0.2, 0) is 6.54 Å². The molecule has 1 aromatic carbocycles. The van der Waals surface area contributed by atoms with Crippen molar-refractivity contribution < 1.29 is 9.21 Å². The number of carbonyl (C=O) groups excluding carboxylic acids is 1. The Morgan fingerprint density at radius 3 is 2.76 bits per heavy atom. The van der Waals surface area contributed by atoms with E-state index < -0.39 is 5.91 Å². The number of para-hydroxylation sites is 1. The summed E-state index contributed by atoms with van der Waals surface area (Å²) in [6, 6.07) is 10.9. The van der Waals surface area contributed by atoms with Crippen LogP contribution in [0.1, 0.15) is 16.1 Å². The molecule has 0 aliphatic heterocycles. The maximum absolute atomic E-state index is 11.3. The minimum atomic E-state index is -0.675. The molecule has 0 radical (unpaired) electrons. The lowest BCUT2D eigenvalue weighted by Gasteiger charge is -2.08. The summed E-state index contributed by atoms with van der Waals surface area (Å²) in [6.07, 6.45) is 1.59. The first-order valence-electron chi connectivity index (χ1n) is 6.36. The van der Waals surface area contributed by atoms with Crippen molar-refractivity contribution in [2.75, 3.05) is 5.73 Å². The lowest BCUT2D eigenvalue weighted by atomic mass is 10.2. The van der Waals surface area contributed by atoms with E-state index in [1.807, 2.05) is 30.3 Å². The summed E-state index contributed by atoms with van der Waals surface area (Å²) in [7, 11) is 0. The third kappa shape index (κ3) is 2.38. The second-order valence-electron chi connectivity index (χ2n) is 4.78. The van der Waals surface area contributed by atoms with Gasteiger partial charge < -0.3 is 20.5 Å². The standard InChI is InChI=1S/C15H14N4O2/c16-10-6-12(15(18)20)14(17)19(7-10)8-11-5-9-3-1-2-4-13(9)21-11/h1-7,17H,8,16H2,(H2,18,20). The topological polar surface area (TPSA) is 111 Å². The molecular formula is C15H14N4O2. The van der Waals surface area contributed by atoms with Crippen LogP contribution in [0.2, 0.25) is 0 Å². The average Bonchev–Trinajstić information content (AvgIpc) is 2.84. The number of aromatic nitrogens is 1. The van der Waals surface area contributed by atoms with Crippen molar-refractivity contribution in [3.05, 3.63) is 59.4 Å². The highest BCUT2D eigenvalue weighted by Gasteiger charge is 2.10. The van der Waals surface area contributed by atoms with Crippen molar-refractivity contribution in [3.63, 3.8) is 0 Å². The fourth-order valence-corrected chi connectivity index (χ4v) is 2.27. The zero-order chi connectivity index (χ0) is 15.0. The van der Waals surface area contributed by atoms with E-state index in [-0.39, 0.29) is 11.1 Å². The van der Waals surface area contributed by atoms with E-state index in [1.54, 1.807) is 6.20 Å². The van der Waals surface area contributed by atoms with Gasteiger partial charge in [-0.2, -0.15) is 0 Å². The average molecular weight is 282 g/mol. The Morgan fingerprint density at radius 1 is 1.29 bits per heavy atom. The summed E-state index contributed by atoms with van der Waals surface area (Å²) in [6.45, 7) is 0.304. The first-order valence-corrected chi connectivity index (χ1v) is 6.36. The first-order chi connectivity index (χ1) is 10.0. The van der Waals surface area contributed by atoms with Crippen molar-refractivity contribution in [2.24, 2.45) is 5.73 Å². The number of benzene rings is 1. The predicted octanol–water partition coefficient (Wildman–Crippen LogP) is 1.44. The van der Waals surface area contributed by atoms with Gasteiger partial charge in [-0.15, -0.1) is 0 Å². The summed E-state index contributed by atoms with van der Waals surface area (Å²) in [5.41, 5.74) is 12.3. The smallest absolute Gasteiger partial charge is 0.252 e. The molecule has 0 atom stereocenters. The number of hydrogen-bond donors (Lipinski definition) is 3. The van der Waals surface area contributed by atoms with Gasteiger partial charge in [0.1, 0.15) is 16.8 Å². The molecular weight excluding hydrogens is 268 g/mol. The van der Waals surface area contributed by atoms with Gasteiger partial charge in [0.2, 0.25) is 0 Å². The van der Waals surface area contributed by atoms with E-state index in [4.69, 9.17) is 21.3 Å². The third-order valence-electron chi connectivity index (χ3n) is 3.23. The number of nitrogens with one attached hydrogen (secondary N) is 1. The van der Waals surface area contributed by atoms with Crippen LogP contribution in [0.3, 0.4) is 0 Å². The van der Waals surface area contributed by atoms with E-state index in [0.29, 0.717) is 18.0 Å². The normalized spacial score (nSPS) is 10.9. The lowest BCUT2D eigenvalue weighted by Crippen LogP contribution is -2.30. The molecule has 3 rings (SSSR count). The van der Waals surface area contributed by atoms with E-state index in [1.165, 1.54) is 10.6 Å². The molecule has 0 unspecified atom stereocenters. The highest BCUT2D eigenvalue weighted by atomic mass is 16.3. The molecule has 0 fully saturated rings. The third-order valence-corrected chi connectivity index (χ3v) is 3.23. The van der Waals surface area contributed by atoms with Crippen molar-refractivity contribution in [3.8, 4) is 0 Å². The van der Waals surface area contributed by atoms with Gasteiger partial charge in [-0.05, 0) is 18.2 Å². The number of nitrogens with two attached hydrogens (primary N) is 2. The molecule has 106 valence electrons. The fraction of sp³-hybridized carbons (Fsp3) is 0.0667. The molecule has 2 heterocycles. The number of hydrogen-bond acceptors (Lipinski definition) is 4. The van der Waals surface area contributed by atoms with Crippen LogP contribution >= 0.6 is 0 Å². The number of fused-ring (bicyclic) bond motifs is 1. The highest BCUT2D eigenvalue weighted by molar-refractivity contribution is 5.93. The first kappa shape index (κ1) is 13.0. The van der Waals surface area contributed by atoms with Gasteiger partial charge in [0.25, 0.3) is 5.91 Å². The summed E-state index contributed by atoms with van der Waals surface area (Å²) >= 11 is 0. The number of pyridine rings is 1. The molecule has 1 amide bonds. The minimum absolute atomic E-state index is 0.0113. The van der Waals surface area contributed by atoms with Gasteiger partial charge in [-0.25, -0.2) is 0 Å². The zero-order valence-corrected chi connectivity index (χ0v) is 11.2. The van der Waals surface area contributed by atoms with Gasteiger partial charge >= 0.3 is 0 Å². The number of nitrogens with zero attached hydrogens (tertiary/aromatic N) is 1. The molecule has 0 bridgehead atoms. The van der Waals surface area contributed by atoms with Gasteiger partial charge in [0.15, 0.2) is 0 Å². The van der Waals surface area contributed by atoms with Gasteiger partial charge in [-0.1, -0.05) is 18.2 Å². The van der Waals surface area contributed by atoms with Gasteiger partial charge in [0.05, 0.1) is 12.1 Å². The highest BCUT2D eigenvalue weighted by Crippen LogP contribution is 2.19. The van der Waals surface area contributed by atoms with E-state index in [2.05, 4.69) is 0 Å². The second kappa shape index (κ2) is 4.82. The molecule has 6 heteroatoms. The molecule has 0 aliphatic rings. The van der Waals surface area contributed by atoms with Crippen LogP contribution in [-0.4, -0.2) is 10.5 Å². The molecule has 2 aromatic heterocycles. The molecule has 5 N–H and O–H groups in total. The van der Waals surface area contributed by atoms with Crippen LogP contribution in [0.5, 0.6) is 0 Å². The Morgan fingerprint density at radius 2 is 2.05 bits per heavy atom. The summed E-state index contributed by atoms with van der Waals surface area (Å²) in [5.74, 6) is 0.00127. The Bertz CT molecular complexity index is 859. The molecule has 0 saturated carbocycles. The monoisotopic (exact) mass is 282 g/mol. The molecule has 0 saturated heterocycles. The van der Waals surface area contributed by atoms with Crippen LogP contribution in [0.4, 0.5) is 5.69 Å². The maximum Gasteiger partial charge on any atom is 0.252 e. The molecule has 0 spiro atoms. The van der Waals surface area contributed by atoms with Crippen LogP contribution < -0.4 is 17.0 Å². The predicted molar refractivity (Wildman–Crippen MR) is 78.5 cm³/mol. The Labute approximate surface area is 120 Å². The Kier molecular flexibility index (Phi) is 2.98. The number of anilines is 1. The molecule has 21 heavy (non-hydrogen) atoms. The Hall–Kier alpha value is -3.02. The molecule has 0 aliphatic carbocycles. The lowest BCUT2D eigenvalue weighted by molar-refractivity contribution is 0.0997. The second-order valence-corrected chi connectivity index (χ2v) is 4.78. The van der Waals surface area contributed by atoms with Crippen molar-refractivity contribution in [1.29, 1.82) is 5.41 Å². The quantitative estimate of drug-likeness (QED) is 0.675. The maximum atomic E-state index is 11.3. The van der Waals surface area contributed by atoms with Crippen LogP contribution in [0.15, 0.2) is 47.0 Å². The van der Waals surface area contributed by atoms with Gasteiger partial charge in [-0.3, -0.25) is 10.2 Å². The minimum Gasteiger partial charge on any atom is -0.459 e.